The Labute approximate surface area is 100 Å². The fourth-order valence-electron chi connectivity index (χ4n) is 1.24. The van der Waals surface area contributed by atoms with Gasteiger partial charge in [0.15, 0.2) is 0 Å². The van der Waals surface area contributed by atoms with Gasteiger partial charge in [-0.1, -0.05) is 6.07 Å². The third kappa shape index (κ3) is 4.51. The summed E-state index contributed by atoms with van der Waals surface area (Å²) in [4.78, 5) is 13.1. The summed E-state index contributed by atoms with van der Waals surface area (Å²) in [6.45, 7) is 0.222. The molecule has 0 aliphatic heterocycles. The molecule has 0 fully saturated rings. The summed E-state index contributed by atoms with van der Waals surface area (Å²) in [5.41, 5.74) is 0.406. The topological polar surface area (TPSA) is 92.5 Å². The largest absolute Gasteiger partial charge is 0.325 e. The van der Waals surface area contributed by atoms with Gasteiger partial charge < -0.3 is 10.2 Å². The van der Waals surface area contributed by atoms with E-state index in [0.717, 1.165) is 0 Å². The molecule has 1 aromatic rings. The molecule has 1 aromatic carbocycles. The van der Waals surface area contributed by atoms with Crippen LogP contribution in [-0.2, 0) is 14.8 Å². The number of rotatable bonds is 4. The standard InChI is InChI=1S/C10H15N3O3S/c1-13(2)7-10(14)12-8-4-3-5-9(6-8)17(11,15)16/h3-6H,7H2,1-2H3,(H,12,14)(H2,11,15,16). The summed E-state index contributed by atoms with van der Waals surface area (Å²) in [5.74, 6) is -0.221. The lowest BCUT2D eigenvalue weighted by Crippen LogP contribution is -2.27. The Morgan fingerprint density at radius 2 is 2.06 bits per heavy atom. The molecule has 3 N–H and O–H groups in total. The Kier molecular flexibility index (Phi) is 4.22. The molecule has 0 aliphatic rings. The van der Waals surface area contributed by atoms with Crippen molar-refractivity contribution in [3.05, 3.63) is 24.3 Å². The molecule has 0 unspecified atom stereocenters. The summed E-state index contributed by atoms with van der Waals surface area (Å²) in [6, 6.07) is 5.81. The summed E-state index contributed by atoms with van der Waals surface area (Å²) >= 11 is 0. The van der Waals surface area contributed by atoms with Gasteiger partial charge in [-0.05, 0) is 32.3 Å². The third-order valence-corrected chi connectivity index (χ3v) is 2.82. The van der Waals surface area contributed by atoms with E-state index in [1.165, 1.54) is 18.2 Å². The third-order valence-electron chi connectivity index (χ3n) is 1.91. The zero-order valence-electron chi connectivity index (χ0n) is 9.67. The number of nitrogens with zero attached hydrogens (tertiary/aromatic N) is 1. The molecule has 0 saturated carbocycles. The Morgan fingerprint density at radius 3 is 2.59 bits per heavy atom. The highest BCUT2D eigenvalue weighted by Crippen LogP contribution is 2.13. The van der Waals surface area contributed by atoms with Gasteiger partial charge in [-0.2, -0.15) is 0 Å². The second-order valence-electron chi connectivity index (χ2n) is 3.86. The summed E-state index contributed by atoms with van der Waals surface area (Å²) in [7, 11) is -0.217. The second-order valence-corrected chi connectivity index (χ2v) is 5.42. The molecule has 1 rings (SSSR count). The maximum absolute atomic E-state index is 11.5. The van der Waals surface area contributed by atoms with Crippen LogP contribution in [0.25, 0.3) is 0 Å². The minimum Gasteiger partial charge on any atom is -0.325 e. The van der Waals surface area contributed by atoms with Crippen LogP contribution in [0.2, 0.25) is 0 Å². The van der Waals surface area contributed by atoms with E-state index in [4.69, 9.17) is 5.14 Å². The van der Waals surface area contributed by atoms with Crippen molar-refractivity contribution in [3.63, 3.8) is 0 Å². The predicted molar refractivity (Wildman–Crippen MR) is 65.0 cm³/mol. The Morgan fingerprint density at radius 1 is 1.41 bits per heavy atom. The number of nitrogens with two attached hydrogens (primary N) is 1. The van der Waals surface area contributed by atoms with Gasteiger partial charge >= 0.3 is 0 Å². The molecule has 94 valence electrons. The molecule has 7 heteroatoms. The zero-order valence-corrected chi connectivity index (χ0v) is 10.5. The lowest BCUT2D eigenvalue weighted by molar-refractivity contribution is -0.116. The van der Waals surface area contributed by atoms with Crippen LogP contribution in [0.4, 0.5) is 5.69 Å². The fourth-order valence-corrected chi connectivity index (χ4v) is 1.80. The van der Waals surface area contributed by atoms with Crippen LogP contribution in [-0.4, -0.2) is 39.9 Å². The normalized spacial score (nSPS) is 11.5. The minimum absolute atomic E-state index is 0.0276. The molecule has 0 spiro atoms. The molecule has 0 aliphatic carbocycles. The quantitative estimate of drug-likeness (QED) is 0.783. The van der Waals surface area contributed by atoms with Crippen molar-refractivity contribution >= 4 is 21.6 Å². The number of carbonyl (C=O) groups is 1. The monoisotopic (exact) mass is 257 g/mol. The lowest BCUT2D eigenvalue weighted by Gasteiger charge is -2.10. The van der Waals surface area contributed by atoms with Gasteiger partial charge in [-0.15, -0.1) is 0 Å². The number of amides is 1. The maximum Gasteiger partial charge on any atom is 0.238 e. The van der Waals surface area contributed by atoms with E-state index in [2.05, 4.69) is 5.32 Å². The van der Waals surface area contributed by atoms with Crippen molar-refractivity contribution in [1.82, 2.24) is 4.90 Å². The van der Waals surface area contributed by atoms with E-state index in [1.807, 2.05) is 0 Å². The Hall–Kier alpha value is -1.44. The van der Waals surface area contributed by atoms with E-state index in [-0.39, 0.29) is 17.3 Å². The molecule has 6 nitrogen and oxygen atoms in total. The molecule has 0 saturated heterocycles. The van der Waals surface area contributed by atoms with Crippen LogP contribution >= 0.6 is 0 Å². The van der Waals surface area contributed by atoms with E-state index >= 15 is 0 Å². The Balaban J connectivity index is 2.83. The molecule has 0 atom stereocenters. The van der Waals surface area contributed by atoms with Gasteiger partial charge in [0.05, 0.1) is 11.4 Å². The SMILES string of the molecule is CN(C)CC(=O)Nc1cccc(S(N)(=O)=O)c1. The van der Waals surface area contributed by atoms with Crippen molar-refractivity contribution < 1.29 is 13.2 Å². The van der Waals surface area contributed by atoms with E-state index < -0.39 is 10.0 Å². The molecule has 1 amide bonds. The molecule has 0 heterocycles. The smallest absolute Gasteiger partial charge is 0.238 e. The highest BCUT2D eigenvalue weighted by Gasteiger charge is 2.09. The number of likely N-dealkylation sites (N-methyl/N-ethyl adjacent to an activating group) is 1. The van der Waals surface area contributed by atoms with Gasteiger partial charge in [0.1, 0.15) is 0 Å². The van der Waals surface area contributed by atoms with E-state index in [0.29, 0.717) is 5.69 Å². The van der Waals surface area contributed by atoms with Gasteiger partial charge in [-0.25, -0.2) is 13.6 Å². The van der Waals surface area contributed by atoms with E-state index in [1.54, 1.807) is 25.1 Å². The first kappa shape index (κ1) is 13.6. The van der Waals surface area contributed by atoms with Crippen molar-refractivity contribution in [2.75, 3.05) is 26.0 Å². The summed E-state index contributed by atoms with van der Waals surface area (Å²) < 4.78 is 22.2. The average Bonchev–Trinajstić information content (AvgIpc) is 2.15. The van der Waals surface area contributed by atoms with Crippen molar-refractivity contribution in [1.29, 1.82) is 0 Å². The molecule has 17 heavy (non-hydrogen) atoms. The van der Waals surface area contributed by atoms with E-state index in [9.17, 15) is 13.2 Å². The number of anilines is 1. The van der Waals surface area contributed by atoms with Crippen LogP contribution in [0.1, 0.15) is 0 Å². The number of benzene rings is 1. The minimum atomic E-state index is -3.75. The fraction of sp³-hybridized carbons (Fsp3) is 0.300. The first-order valence-electron chi connectivity index (χ1n) is 4.86. The number of primary sulfonamides is 1. The second kappa shape index (κ2) is 5.26. The van der Waals surface area contributed by atoms with Gasteiger partial charge in [0, 0.05) is 5.69 Å². The van der Waals surface area contributed by atoms with Crippen molar-refractivity contribution in [3.8, 4) is 0 Å². The number of sulfonamides is 1. The van der Waals surface area contributed by atoms with Crippen molar-refractivity contribution in [2.45, 2.75) is 4.90 Å². The number of hydrogen-bond acceptors (Lipinski definition) is 4. The predicted octanol–water partition coefficient (Wildman–Crippen LogP) is -0.166. The summed E-state index contributed by atoms with van der Waals surface area (Å²) in [6.07, 6.45) is 0. The molecule has 0 bridgehead atoms. The number of carbonyl (C=O) groups excluding carboxylic acids is 1. The van der Waals surface area contributed by atoms with Crippen LogP contribution in [0.5, 0.6) is 0 Å². The first-order valence-corrected chi connectivity index (χ1v) is 6.41. The van der Waals surface area contributed by atoms with Gasteiger partial charge in [-0.3, -0.25) is 4.79 Å². The molecule has 0 aromatic heterocycles. The molecular formula is C10H15N3O3S. The molecular weight excluding hydrogens is 242 g/mol. The molecule has 0 radical (unpaired) electrons. The number of nitrogens with one attached hydrogen (secondary N) is 1. The average molecular weight is 257 g/mol. The summed E-state index contributed by atoms with van der Waals surface area (Å²) in [5, 5.41) is 7.57. The van der Waals surface area contributed by atoms with Crippen LogP contribution in [0.3, 0.4) is 0 Å². The lowest BCUT2D eigenvalue weighted by atomic mass is 10.3. The van der Waals surface area contributed by atoms with Gasteiger partial charge in [0.25, 0.3) is 0 Å². The van der Waals surface area contributed by atoms with Crippen LogP contribution < -0.4 is 10.5 Å². The van der Waals surface area contributed by atoms with Crippen LogP contribution in [0, 0.1) is 0 Å². The maximum atomic E-state index is 11.5. The first-order chi connectivity index (χ1) is 7.79. The number of hydrogen-bond donors (Lipinski definition) is 2. The zero-order chi connectivity index (χ0) is 13.1. The van der Waals surface area contributed by atoms with Crippen LogP contribution in [0.15, 0.2) is 29.2 Å². The highest BCUT2D eigenvalue weighted by atomic mass is 32.2. The van der Waals surface area contributed by atoms with Gasteiger partial charge in [0.2, 0.25) is 15.9 Å². The Bertz CT molecular complexity index is 511. The highest BCUT2D eigenvalue weighted by molar-refractivity contribution is 7.89. The van der Waals surface area contributed by atoms with Crippen molar-refractivity contribution in [2.24, 2.45) is 5.14 Å².